The van der Waals surface area contributed by atoms with Crippen LogP contribution in [0.3, 0.4) is 0 Å². The van der Waals surface area contributed by atoms with E-state index in [0.29, 0.717) is 18.8 Å². The Morgan fingerprint density at radius 1 is 1.38 bits per heavy atom. The van der Waals surface area contributed by atoms with E-state index in [2.05, 4.69) is 11.8 Å². The summed E-state index contributed by atoms with van der Waals surface area (Å²) in [6, 6.07) is 3.20. The maximum atomic E-state index is 12.4. The van der Waals surface area contributed by atoms with Crippen LogP contribution in [0.4, 0.5) is 0 Å². The maximum absolute atomic E-state index is 12.4. The lowest BCUT2D eigenvalue weighted by atomic mass is 9.96. The van der Waals surface area contributed by atoms with Crippen molar-refractivity contribution in [2.45, 2.75) is 13.5 Å². The highest BCUT2D eigenvalue weighted by molar-refractivity contribution is 5.91. The molecule has 1 saturated heterocycles. The van der Waals surface area contributed by atoms with Crippen LogP contribution < -0.4 is 0 Å². The fourth-order valence-corrected chi connectivity index (χ4v) is 2.78. The minimum Gasteiger partial charge on any atom is -0.453 e. The lowest BCUT2D eigenvalue weighted by Crippen LogP contribution is -2.32. The van der Waals surface area contributed by atoms with E-state index in [9.17, 15) is 9.90 Å². The van der Waals surface area contributed by atoms with E-state index in [0.717, 1.165) is 13.1 Å². The van der Waals surface area contributed by atoms with Crippen molar-refractivity contribution in [3.63, 3.8) is 0 Å². The molecule has 21 heavy (non-hydrogen) atoms. The summed E-state index contributed by atoms with van der Waals surface area (Å²) in [6.45, 7) is 4.95. The van der Waals surface area contributed by atoms with Gasteiger partial charge in [0.2, 0.25) is 0 Å². The molecule has 0 aliphatic carbocycles. The number of rotatable bonds is 6. The number of aliphatic hydroxyl groups is 2. The topological polar surface area (TPSA) is 77.2 Å². The lowest BCUT2D eigenvalue weighted by Gasteiger charge is -2.22. The first-order valence-corrected chi connectivity index (χ1v) is 7.37. The first-order valence-electron chi connectivity index (χ1n) is 7.37. The van der Waals surface area contributed by atoms with Crippen LogP contribution in [0.5, 0.6) is 0 Å². The van der Waals surface area contributed by atoms with Crippen LogP contribution in [0.1, 0.15) is 23.2 Å². The summed E-state index contributed by atoms with van der Waals surface area (Å²) >= 11 is 0. The molecule has 1 fully saturated rings. The second-order valence-corrected chi connectivity index (χ2v) is 5.69. The molecule has 2 atom stereocenters. The monoisotopic (exact) mass is 296 g/mol. The van der Waals surface area contributed by atoms with Gasteiger partial charge in [-0.3, -0.25) is 4.79 Å². The van der Waals surface area contributed by atoms with Gasteiger partial charge >= 0.3 is 0 Å². The molecule has 2 heterocycles. The highest BCUT2D eigenvalue weighted by Gasteiger charge is 2.36. The molecule has 6 heteroatoms. The smallest absolute Gasteiger partial charge is 0.289 e. The first kappa shape index (κ1) is 16.0. The molecule has 2 N–H and O–H groups in total. The molecule has 1 aliphatic heterocycles. The van der Waals surface area contributed by atoms with Crippen molar-refractivity contribution in [1.82, 2.24) is 9.80 Å². The number of carbonyl (C=O) groups is 1. The second kappa shape index (κ2) is 7.06. The van der Waals surface area contributed by atoms with Crippen molar-refractivity contribution >= 4 is 5.91 Å². The second-order valence-electron chi connectivity index (χ2n) is 5.69. The van der Waals surface area contributed by atoms with Gasteiger partial charge in [-0.1, -0.05) is 6.92 Å². The molecule has 0 saturated carbocycles. The molecule has 1 aromatic heterocycles. The standard InChI is InChI=1S/C15H24N2O4/c1-3-16(2)6-11-7-17(8-12(11)9-18)15(20)14-5-4-13(10-19)21-14/h4-5,11-12,18-19H,3,6-10H2,1-2H3/t11-,12-/m1/s1. The van der Waals surface area contributed by atoms with E-state index in [1.807, 2.05) is 7.05 Å². The fourth-order valence-electron chi connectivity index (χ4n) is 2.78. The number of likely N-dealkylation sites (tertiary alicyclic amines) is 1. The van der Waals surface area contributed by atoms with Crippen molar-refractivity contribution in [3.05, 3.63) is 23.7 Å². The van der Waals surface area contributed by atoms with Gasteiger partial charge in [0, 0.05) is 32.2 Å². The summed E-state index contributed by atoms with van der Waals surface area (Å²) < 4.78 is 5.30. The first-order chi connectivity index (χ1) is 10.1. The average molecular weight is 296 g/mol. The molecule has 6 nitrogen and oxygen atoms in total. The van der Waals surface area contributed by atoms with Gasteiger partial charge in [0.1, 0.15) is 12.4 Å². The fraction of sp³-hybridized carbons (Fsp3) is 0.667. The molecule has 0 unspecified atom stereocenters. The van der Waals surface area contributed by atoms with Crippen LogP contribution in [0.2, 0.25) is 0 Å². The number of furan rings is 1. The Bertz CT molecular complexity index is 474. The van der Waals surface area contributed by atoms with E-state index < -0.39 is 0 Å². The number of amides is 1. The van der Waals surface area contributed by atoms with Crippen molar-refractivity contribution in [1.29, 1.82) is 0 Å². The average Bonchev–Trinajstić information content (AvgIpc) is 3.12. The van der Waals surface area contributed by atoms with Crippen molar-refractivity contribution in [2.24, 2.45) is 11.8 Å². The Morgan fingerprint density at radius 2 is 2.10 bits per heavy atom. The molecule has 1 aromatic rings. The quantitative estimate of drug-likeness (QED) is 0.795. The summed E-state index contributed by atoms with van der Waals surface area (Å²) in [5.74, 6) is 0.847. The van der Waals surface area contributed by atoms with Gasteiger partial charge in [-0.05, 0) is 31.6 Å². The van der Waals surface area contributed by atoms with Crippen molar-refractivity contribution in [3.8, 4) is 0 Å². The summed E-state index contributed by atoms with van der Waals surface area (Å²) in [5.41, 5.74) is 0. The van der Waals surface area contributed by atoms with Gasteiger partial charge in [-0.15, -0.1) is 0 Å². The molecule has 2 rings (SSSR count). The maximum Gasteiger partial charge on any atom is 0.289 e. The number of hydrogen-bond acceptors (Lipinski definition) is 5. The molecular weight excluding hydrogens is 272 g/mol. The predicted molar refractivity (Wildman–Crippen MR) is 77.8 cm³/mol. The molecule has 118 valence electrons. The molecule has 0 radical (unpaired) electrons. The minimum absolute atomic E-state index is 0.0893. The third-order valence-corrected chi connectivity index (χ3v) is 4.21. The Hall–Kier alpha value is -1.37. The van der Waals surface area contributed by atoms with Gasteiger partial charge in [0.25, 0.3) is 5.91 Å². The van der Waals surface area contributed by atoms with Crippen LogP contribution in [0.25, 0.3) is 0 Å². The predicted octanol–water partition coefficient (Wildman–Crippen LogP) is 0.404. The van der Waals surface area contributed by atoms with Crippen LogP contribution in [-0.2, 0) is 6.61 Å². The summed E-state index contributed by atoms with van der Waals surface area (Å²) in [5, 5.41) is 18.5. The van der Waals surface area contributed by atoms with E-state index in [1.165, 1.54) is 0 Å². The zero-order valence-corrected chi connectivity index (χ0v) is 12.7. The zero-order chi connectivity index (χ0) is 15.4. The highest BCUT2D eigenvalue weighted by atomic mass is 16.4. The van der Waals surface area contributed by atoms with Gasteiger partial charge in [-0.25, -0.2) is 0 Å². The molecule has 0 bridgehead atoms. The Labute approximate surface area is 125 Å². The summed E-state index contributed by atoms with van der Waals surface area (Å²) in [4.78, 5) is 16.3. The molecule has 0 aromatic carbocycles. The Kier molecular flexibility index (Phi) is 5.39. The minimum atomic E-state index is -0.212. The van der Waals surface area contributed by atoms with E-state index in [1.54, 1.807) is 17.0 Å². The van der Waals surface area contributed by atoms with Gasteiger partial charge < -0.3 is 24.4 Å². The normalized spacial score (nSPS) is 22.2. The number of carbonyl (C=O) groups excluding carboxylic acids is 1. The zero-order valence-electron chi connectivity index (χ0n) is 12.7. The summed E-state index contributed by atoms with van der Waals surface area (Å²) in [6.07, 6.45) is 0. The molecular formula is C15H24N2O4. The van der Waals surface area contributed by atoms with Gasteiger partial charge in [-0.2, -0.15) is 0 Å². The number of nitrogens with zero attached hydrogens (tertiary/aromatic N) is 2. The van der Waals surface area contributed by atoms with E-state index >= 15 is 0 Å². The SMILES string of the molecule is CCN(C)C[C@@H]1CN(C(=O)c2ccc(CO)o2)C[C@@H]1CO. The van der Waals surface area contributed by atoms with Crippen LogP contribution in [0.15, 0.2) is 16.5 Å². The largest absolute Gasteiger partial charge is 0.453 e. The molecule has 1 aliphatic rings. The van der Waals surface area contributed by atoms with Crippen molar-refractivity contribution < 1.29 is 19.4 Å². The summed E-state index contributed by atoms with van der Waals surface area (Å²) in [7, 11) is 2.04. The molecule has 0 spiro atoms. The molecule has 1 amide bonds. The lowest BCUT2D eigenvalue weighted by molar-refractivity contribution is 0.0743. The number of aliphatic hydroxyl groups excluding tert-OH is 2. The van der Waals surface area contributed by atoms with E-state index in [-0.39, 0.29) is 36.7 Å². The van der Waals surface area contributed by atoms with Crippen molar-refractivity contribution in [2.75, 3.05) is 39.8 Å². The Morgan fingerprint density at radius 3 is 2.67 bits per heavy atom. The van der Waals surface area contributed by atoms with Crippen LogP contribution in [0, 0.1) is 11.8 Å². The third kappa shape index (κ3) is 3.64. The Balaban J connectivity index is 2.02. The van der Waals surface area contributed by atoms with E-state index in [4.69, 9.17) is 9.52 Å². The van der Waals surface area contributed by atoms with Crippen LogP contribution >= 0.6 is 0 Å². The van der Waals surface area contributed by atoms with Gasteiger partial charge in [0.05, 0.1) is 0 Å². The third-order valence-electron chi connectivity index (χ3n) is 4.21. The number of hydrogen-bond donors (Lipinski definition) is 2. The highest BCUT2D eigenvalue weighted by Crippen LogP contribution is 2.25. The van der Waals surface area contributed by atoms with Gasteiger partial charge in [0.15, 0.2) is 5.76 Å². The van der Waals surface area contributed by atoms with Crippen LogP contribution in [-0.4, -0.2) is 65.8 Å².